The van der Waals surface area contributed by atoms with Gasteiger partial charge in [0, 0.05) is 42.9 Å². The van der Waals surface area contributed by atoms with Gasteiger partial charge >= 0.3 is 0 Å². The fourth-order valence-electron chi connectivity index (χ4n) is 7.27. The summed E-state index contributed by atoms with van der Waals surface area (Å²) in [6.07, 6.45) is 11.2. The maximum Gasteiger partial charge on any atom is 0.264 e. The van der Waals surface area contributed by atoms with Crippen molar-refractivity contribution >= 4 is 33.2 Å². The van der Waals surface area contributed by atoms with Crippen LogP contribution < -0.4 is 14.4 Å². The predicted molar refractivity (Wildman–Crippen MR) is 185 cm³/mol. The molecule has 47 heavy (non-hydrogen) atoms. The Bertz CT molecular complexity index is 1730. The number of ether oxygens (including phenoxy) is 2. The van der Waals surface area contributed by atoms with Gasteiger partial charge in [0.05, 0.1) is 16.6 Å². The zero-order valence-electron chi connectivity index (χ0n) is 27.3. The molecule has 3 heterocycles. The summed E-state index contributed by atoms with van der Waals surface area (Å²) in [5.41, 5.74) is 3.38. The van der Waals surface area contributed by atoms with E-state index in [1.807, 2.05) is 49.4 Å². The number of halogens is 1. The summed E-state index contributed by atoms with van der Waals surface area (Å²) in [6.45, 7) is 5.36. The molecule has 0 radical (unpaired) electrons. The van der Waals surface area contributed by atoms with E-state index in [9.17, 15) is 13.2 Å². The first kappa shape index (κ1) is 33.5. The molecule has 1 amide bonds. The quantitative estimate of drug-likeness (QED) is 0.290. The number of carbonyl (C=O) groups is 1. The van der Waals surface area contributed by atoms with E-state index in [1.165, 1.54) is 5.56 Å². The minimum Gasteiger partial charge on any atom is -0.487 e. The Kier molecular flexibility index (Phi) is 9.97. The summed E-state index contributed by atoms with van der Waals surface area (Å²) >= 11 is 6.36. The average molecular weight is 678 g/mol. The molecule has 0 unspecified atom stereocenters. The number of hydrogen-bond acceptors (Lipinski definition) is 7. The van der Waals surface area contributed by atoms with Crippen molar-refractivity contribution in [1.29, 1.82) is 0 Å². The standard InChI is InChI=1S/C37H44ClN3O5S/c1-25-9-8-18-37(45-3,35-11-4-6-19-39-35)32-16-13-29(32)23-41-20-7-5-10-27-21-31(38)15-12-30(27)24-46-34-17-14-28(22-33(34)41)36(42)40-47(43,44)26(25)2/h4,6,8,11-12,14-15,17-19,21-22,25-26,29,32H,5,7,9-10,13,16,20,23-24H2,1-3H3,(H,40,42)/b18-8+/t25-,26+,29-,32+,37-/m0/s1. The number of carbonyl (C=O) groups excluding carboxylic acids is 1. The third kappa shape index (κ3) is 6.94. The van der Waals surface area contributed by atoms with Gasteiger partial charge in [-0.25, -0.2) is 13.1 Å². The smallest absolute Gasteiger partial charge is 0.264 e. The van der Waals surface area contributed by atoms with Crippen LogP contribution >= 0.6 is 11.6 Å². The number of sulfonamides is 1. The molecule has 1 fully saturated rings. The van der Waals surface area contributed by atoms with Crippen LogP contribution in [-0.4, -0.2) is 44.8 Å². The Morgan fingerprint density at radius 2 is 1.91 bits per heavy atom. The number of methoxy groups -OCH3 is 1. The molecular formula is C37H44ClN3O5S. The fraction of sp³-hybridized carbons (Fsp3) is 0.459. The van der Waals surface area contributed by atoms with E-state index in [1.54, 1.807) is 38.4 Å². The number of nitrogens with one attached hydrogen (secondary N) is 1. The maximum absolute atomic E-state index is 13.5. The van der Waals surface area contributed by atoms with Crippen LogP contribution in [0.1, 0.15) is 73.1 Å². The highest BCUT2D eigenvalue weighted by atomic mass is 35.5. The second-order valence-corrected chi connectivity index (χ2v) is 15.7. The Hall–Kier alpha value is -3.40. The molecule has 0 spiro atoms. The van der Waals surface area contributed by atoms with Gasteiger partial charge in [-0.3, -0.25) is 9.78 Å². The van der Waals surface area contributed by atoms with E-state index in [2.05, 4.69) is 15.7 Å². The molecule has 1 aliphatic carbocycles. The number of anilines is 1. The minimum atomic E-state index is -3.96. The third-order valence-corrected chi connectivity index (χ3v) is 12.6. The van der Waals surface area contributed by atoms with Crippen molar-refractivity contribution in [1.82, 2.24) is 9.71 Å². The second-order valence-electron chi connectivity index (χ2n) is 13.2. The van der Waals surface area contributed by atoms with Crippen LogP contribution in [-0.2, 0) is 33.4 Å². The normalized spacial score (nSPS) is 28.7. The largest absolute Gasteiger partial charge is 0.487 e. The van der Waals surface area contributed by atoms with Crippen LogP contribution in [0, 0.1) is 17.8 Å². The fourth-order valence-corrected chi connectivity index (χ4v) is 8.75. The van der Waals surface area contributed by atoms with Gasteiger partial charge in [-0.2, -0.15) is 0 Å². The van der Waals surface area contributed by atoms with Crippen LogP contribution in [0.15, 0.2) is 72.9 Å². The lowest BCUT2D eigenvalue weighted by Gasteiger charge is -2.49. The zero-order valence-corrected chi connectivity index (χ0v) is 28.9. The number of nitrogens with zero attached hydrogens (tertiary/aromatic N) is 2. The Morgan fingerprint density at radius 3 is 2.66 bits per heavy atom. The van der Waals surface area contributed by atoms with Crippen molar-refractivity contribution in [3.05, 3.63) is 100 Å². The number of aryl methyl sites for hydroxylation is 1. The summed E-state index contributed by atoms with van der Waals surface area (Å²) in [5, 5.41) is -0.0976. The van der Waals surface area contributed by atoms with Crippen LogP contribution in [0.4, 0.5) is 5.69 Å². The highest BCUT2D eigenvalue weighted by molar-refractivity contribution is 7.90. The first-order chi connectivity index (χ1) is 22.6. The number of amides is 1. The maximum atomic E-state index is 13.5. The first-order valence-corrected chi connectivity index (χ1v) is 18.5. The molecule has 1 aromatic heterocycles. The molecule has 3 aliphatic rings. The van der Waals surface area contributed by atoms with Crippen molar-refractivity contribution in [3.63, 3.8) is 0 Å². The lowest BCUT2D eigenvalue weighted by Crippen LogP contribution is -2.49. The Labute approximate surface area is 283 Å². The average Bonchev–Trinajstić information content (AvgIpc) is 3.08. The highest BCUT2D eigenvalue weighted by Crippen LogP contribution is 2.50. The lowest BCUT2D eigenvalue weighted by molar-refractivity contribution is -0.0830. The molecule has 0 saturated heterocycles. The number of rotatable bonds is 2. The van der Waals surface area contributed by atoms with E-state index >= 15 is 0 Å². The molecule has 10 heteroatoms. The summed E-state index contributed by atoms with van der Waals surface area (Å²) in [7, 11) is -2.22. The third-order valence-electron chi connectivity index (χ3n) is 10.5. The van der Waals surface area contributed by atoms with Gasteiger partial charge in [0.15, 0.2) is 0 Å². The van der Waals surface area contributed by atoms with Gasteiger partial charge in [0.1, 0.15) is 18.0 Å². The van der Waals surface area contributed by atoms with Gasteiger partial charge < -0.3 is 14.4 Å². The molecule has 2 bridgehead atoms. The van der Waals surface area contributed by atoms with E-state index in [0.29, 0.717) is 23.8 Å². The monoisotopic (exact) mass is 677 g/mol. The predicted octanol–water partition coefficient (Wildman–Crippen LogP) is 7.07. The number of pyridine rings is 1. The molecule has 5 atom stereocenters. The van der Waals surface area contributed by atoms with Crippen LogP contribution in [0.5, 0.6) is 5.75 Å². The number of allylic oxidation sites excluding steroid dienone is 1. The molecular weight excluding hydrogens is 634 g/mol. The van der Waals surface area contributed by atoms with E-state index in [-0.39, 0.29) is 23.3 Å². The molecule has 2 aromatic carbocycles. The van der Waals surface area contributed by atoms with Crippen LogP contribution in [0.3, 0.4) is 0 Å². The van der Waals surface area contributed by atoms with Crippen molar-refractivity contribution < 1.29 is 22.7 Å². The molecule has 2 aliphatic heterocycles. The van der Waals surface area contributed by atoms with Crippen molar-refractivity contribution in [2.24, 2.45) is 17.8 Å². The number of hydrogen-bond donors (Lipinski definition) is 1. The summed E-state index contributed by atoms with van der Waals surface area (Å²) in [5.74, 6) is 0.169. The van der Waals surface area contributed by atoms with Gasteiger partial charge in [0.25, 0.3) is 5.91 Å². The molecule has 1 N–H and O–H groups in total. The second kappa shape index (κ2) is 14.0. The van der Waals surface area contributed by atoms with Gasteiger partial charge in [0.2, 0.25) is 10.0 Å². The first-order valence-electron chi connectivity index (χ1n) is 16.6. The molecule has 1 saturated carbocycles. The number of aromatic nitrogens is 1. The van der Waals surface area contributed by atoms with E-state index < -0.39 is 26.8 Å². The molecule has 6 rings (SSSR count). The van der Waals surface area contributed by atoms with Gasteiger partial charge in [-0.05, 0) is 111 Å². The van der Waals surface area contributed by atoms with Crippen molar-refractivity contribution in [2.75, 3.05) is 25.1 Å². The highest BCUT2D eigenvalue weighted by Gasteiger charge is 2.49. The topological polar surface area (TPSA) is 97.8 Å². The number of fused-ring (bicyclic) bond motifs is 3. The molecule has 8 nitrogen and oxygen atoms in total. The summed E-state index contributed by atoms with van der Waals surface area (Å²) in [4.78, 5) is 20.6. The van der Waals surface area contributed by atoms with Gasteiger partial charge in [-0.15, -0.1) is 0 Å². The lowest BCUT2D eigenvalue weighted by atomic mass is 9.63. The number of benzene rings is 2. The Balaban J connectivity index is 1.45. The zero-order chi connectivity index (χ0) is 33.2. The Morgan fingerprint density at radius 1 is 1.06 bits per heavy atom. The van der Waals surface area contributed by atoms with Crippen molar-refractivity contribution in [3.8, 4) is 5.75 Å². The van der Waals surface area contributed by atoms with Gasteiger partial charge in [-0.1, -0.05) is 42.8 Å². The molecule has 250 valence electrons. The SMILES string of the molecule is CO[C@@]1(c2ccccn2)/C=C/C[C@H](C)[C@@H](C)S(=O)(=O)NC(=O)c2ccc3c(c2)N(CCCCc2cc(Cl)ccc2CO3)C[C@@H]2CC[C@H]21. The van der Waals surface area contributed by atoms with E-state index in [4.69, 9.17) is 26.1 Å². The van der Waals surface area contributed by atoms with E-state index in [0.717, 1.165) is 62.1 Å². The summed E-state index contributed by atoms with van der Waals surface area (Å²) < 4.78 is 42.2. The summed E-state index contributed by atoms with van der Waals surface area (Å²) in [6, 6.07) is 17.1. The van der Waals surface area contributed by atoms with Crippen LogP contribution in [0.2, 0.25) is 5.02 Å². The van der Waals surface area contributed by atoms with Crippen LogP contribution in [0.25, 0.3) is 0 Å². The minimum absolute atomic E-state index is 0.142. The molecule has 3 aromatic rings. The van der Waals surface area contributed by atoms with Crippen molar-refractivity contribution in [2.45, 2.75) is 69.8 Å².